The quantitative estimate of drug-likeness (QED) is 0.511. The van der Waals surface area contributed by atoms with E-state index in [1.54, 1.807) is 30.3 Å². The number of ether oxygens (including phenoxy) is 2. The predicted molar refractivity (Wildman–Crippen MR) is 103 cm³/mol. The molecule has 2 aromatic carbocycles. The Kier molecular flexibility index (Phi) is 6.09. The van der Waals surface area contributed by atoms with Gasteiger partial charge in [0.1, 0.15) is 0 Å². The normalized spacial score (nSPS) is 13.9. The molecule has 0 bridgehead atoms. The van der Waals surface area contributed by atoms with E-state index < -0.39 is 11.8 Å². The highest BCUT2D eigenvalue weighted by Gasteiger charge is 2.23. The van der Waals surface area contributed by atoms with Gasteiger partial charge >= 0.3 is 5.24 Å². The van der Waals surface area contributed by atoms with Gasteiger partial charge in [-0.3, -0.25) is 14.9 Å². The van der Waals surface area contributed by atoms with Crippen LogP contribution in [0.5, 0.6) is 11.5 Å². The van der Waals surface area contributed by atoms with Crippen molar-refractivity contribution in [3.05, 3.63) is 63.7 Å². The van der Waals surface area contributed by atoms with Crippen molar-refractivity contribution in [2.45, 2.75) is 6.54 Å². The topological polar surface area (TPSA) is 94.3 Å². The second kappa shape index (κ2) is 8.70. The third-order valence-corrected chi connectivity index (χ3v) is 4.85. The molecule has 0 saturated carbocycles. The van der Waals surface area contributed by atoms with Crippen molar-refractivity contribution >= 4 is 28.4 Å². The van der Waals surface area contributed by atoms with Crippen LogP contribution in [0.25, 0.3) is 0 Å². The summed E-state index contributed by atoms with van der Waals surface area (Å²) in [5, 5.41) is 16.3. The summed E-state index contributed by atoms with van der Waals surface area (Å²) in [4.78, 5) is 22.5. The van der Waals surface area contributed by atoms with E-state index >= 15 is 0 Å². The number of hydrazone groups is 1. The molecule has 0 atom stereocenters. The number of hydrogen-bond acceptors (Lipinski definition) is 7. The predicted octanol–water partition coefficient (Wildman–Crippen LogP) is 3.98. The van der Waals surface area contributed by atoms with Crippen molar-refractivity contribution in [2.24, 2.45) is 5.10 Å². The zero-order chi connectivity index (χ0) is 20.1. The fraction of sp³-hybridized carbons (Fsp3) is 0.222. The summed E-state index contributed by atoms with van der Waals surface area (Å²) in [6.07, 6.45) is 0. The molecular weight excluding hydrogens is 389 g/mol. The largest absolute Gasteiger partial charge is 0.493 e. The van der Waals surface area contributed by atoms with Crippen molar-refractivity contribution in [1.29, 1.82) is 0 Å². The van der Waals surface area contributed by atoms with Gasteiger partial charge in [0.25, 0.3) is 5.69 Å². The maximum Gasteiger partial charge on any atom is 0.302 e. The lowest BCUT2D eigenvalue weighted by molar-refractivity contribution is -0.384. The maximum absolute atomic E-state index is 12.4. The molecule has 146 valence electrons. The molecule has 0 saturated heterocycles. The lowest BCUT2D eigenvalue weighted by Crippen LogP contribution is -2.29. The van der Waals surface area contributed by atoms with Gasteiger partial charge in [-0.15, -0.1) is 0 Å². The third-order valence-electron chi connectivity index (χ3n) is 3.97. The summed E-state index contributed by atoms with van der Waals surface area (Å²) in [5.74, 6) is 1.01. The second-order valence-corrected chi connectivity index (χ2v) is 6.63. The lowest BCUT2D eigenvalue weighted by atomic mass is 10.1. The Morgan fingerprint density at radius 3 is 2.64 bits per heavy atom. The van der Waals surface area contributed by atoms with Gasteiger partial charge < -0.3 is 9.47 Å². The van der Waals surface area contributed by atoms with E-state index in [0.717, 1.165) is 17.3 Å². The number of non-ortho nitro benzene ring substituents is 1. The van der Waals surface area contributed by atoms with Crippen LogP contribution in [-0.2, 0) is 6.54 Å². The van der Waals surface area contributed by atoms with Crippen LogP contribution in [0.1, 0.15) is 11.1 Å². The van der Waals surface area contributed by atoms with Gasteiger partial charge in [0.05, 0.1) is 24.3 Å². The number of alkyl halides is 1. The van der Waals surface area contributed by atoms with Crippen molar-refractivity contribution in [2.75, 3.05) is 19.7 Å². The molecular formula is C18H16FN3O5S. The molecule has 3 rings (SSSR count). The number of rotatable bonds is 7. The summed E-state index contributed by atoms with van der Waals surface area (Å²) in [6, 6.07) is 10.9. The molecule has 1 aliphatic heterocycles. The molecule has 1 aliphatic rings. The Morgan fingerprint density at radius 1 is 1.25 bits per heavy atom. The molecule has 0 unspecified atom stereocenters. The van der Waals surface area contributed by atoms with Crippen LogP contribution in [0.15, 0.2) is 47.6 Å². The molecule has 0 N–H and O–H groups in total. The zero-order valence-electron chi connectivity index (χ0n) is 14.8. The Morgan fingerprint density at radius 2 is 2.00 bits per heavy atom. The number of nitrogens with zero attached hydrogens (tertiary/aromatic N) is 3. The van der Waals surface area contributed by atoms with Crippen LogP contribution in [0.2, 0.25) is 0 Å². The van der Waals surface area contributed by atoms with Crippen LogP contribution >= 0.6 is 11.8 Å². The van der Waals surface area contributed by atoms with Gasteiger partial charge in [-0.1, -0.05) is 23.9 Å². The minimum atomic E-state index is -0.968. The van der Waals surface area contributed by atoms with E-state index in [-0.39, 0.29) is 23.2 Å². The van der Waals surface area contributed by atoms with Gasteiger partial charge in [0.15, 0.2) is 11.5 Å². The molecule has 0 radical (unpaired) electrons. The van der Waals surface area contributed by atoms with E-state index in [0.29, 0.717) is 22.8 Å². The standard InChI is InChI=1S/C18H16FN3O5S/c1-26-17-8-13(4-7-16(17)27-11-19)15-10-28-18(23)21(20-15)9-12-2-5-14(6-3-12)22(24)25/h2-8H,9-11H2,1H3. The minimum Gasteiger partial charge on any atom is -0.493 e. The number of nitro groups is 1. The molecule has 10 heteroatoms. The van der Waals surface area contributed by atoms with E-state index in [4.69, 9.17) is 9.47 Å². The van der Waals surface area contributed by atoms with Crippen LogP contribution in [0.4, 0.5) is 14.9 Å². The van der Waals surface area contributed by atoms with E-state index in [1.165, 1.54) is 24.3 Å². The highest BCUT2D eigenvalue weighted by molar-refractivity contribution is 8.14. The smallest absolute Gasteiger partial charge is 0.302 e. The summed E-state index contributed by atoms with van der Waals surface area (Å²) < 4.78 is 22.5. The summed E-state index contributed by atoms with van der Waals surface area (Å²) >= 11 is 1.10. The van der Waals surface area contributed by atoms with Crippen molar-refractivity contribution in [1.82, 2.24) is 5.01 Å². The van der Waals surface area contributed by atoms with Gasteiger partial charge in [-0.25, -0.2) is 9.40 Å². The minimum absolute atomic E-state index is 0.0185. The number of carbonyl (C=O) groups is 1. The Bertz CT molecular complexity index is 920. The highest BCUT2D eigenvalue weighted by atomic mass is 32.2. The maximum atomic E-state index is 12.4. The number of carbonyl (C=O) groups excluding carboxylic acids is 1. The molecule has 1 amide bonds. The molecule has 1 heterocycles. The second-order valence-electron chi connectivity index (χ2n) is 5.70. The van der Waals surface area contributed by atoms with Crippen LogP contribution in [0.3, 0.4) is 0 Å². The van der Waals surface area contributed by atoms with E-state index in [1.807, 2.05) is 0 Å². The van der Waals surface area contributed by atoms with Crippen LogP contribution in [0, 0.1) is 10.1 Å². The third kappa shape index (κ3) is 4.39. The van der Waals surface area contributed by atoms with Crippen molar-refractivity contribution in [3.8, 4) is 11.5 Å². The first-order chi connectivity index (χ1) is 13.5. The van der Waals surface area contributed by atoms with Crippen molar-refractivity contribution < 1.29 is 23.6 Å². The summed E-state index contributed by atoms with van der Waals surface area (Å²) in [6.45, 7) is -0.780. The van der Waals surface area contributed by atoms with Gasteiger partial charge in [-0.2, -0.15) is 5.10 Å². The molecule has 0 spiro atoms. The number of methoxy groups -OCH3 is 1. The zero-order valence-corrected chi connectivity index (χ0v) is 15.6. The molecule has 28 heavy (non-hydrogen) atoms. The van der Waals surface area contributed by atoms with Crippen molar-refractivity contribution in [3.63, 3.8) is 0 Å². The average molecular weight is 405 g/mol. The van der Waals surface area contributed by atoms with Gasteiger partial charge in [0, 0.05) is 23.4 Å². The molecule has 0 fully saturated rings. The Balaban J connectivity index is 1.82. The Hall–Kier alpha value is -3.14. The van der Waals surface area contributed by atoms with Gasteiger partial charge in [-0.05, 0) is 23.8 Å². The van der Waals surface area contributed by atoms with Gasteiger partial charge in [0.2, 0.25) is 6.86 Å². The fourth-order valence-corrected chi connectivity index (χ4v) is 3.32. The highest BCUT2D eigenvalue weighted by Crippen LogP contribution is 2.30. The Labute approximate surface area is 164 Å². The number of thioether (sulfide) groups is 1. The molecule has 2 aromatic rings. The molecule has 8 nitrogen and oxygen atoms in total. The van der Waals surface area contributed by atoms with E-state index in [9.17, 15) is 19.3 Å². The number of halogens is 1. The number of benzene rings is 2. The molecule has 0 aromatic heterocycles. The fourth-order valence-electron chi connectivity index (χ4n) is 2.58. The number of hydrogen-bond donors (Lipinski definition) is 0. The SMILES string of the molecule is COc1cc(C2=NN(Cc3ccc([N+](=O)[O-])cc3)C(=O)SC2)ccc1OCF. The monoisotopic (exact) mass is 405 g/mol. The summed E-state index contributed by atoms with van der Waals surface area (Å²) in [7, 11) is 1.45. The van der Waals surface area contributed by atoms with E-state index in [2.05, 4.69) is 5.10 Å². The first kappa shape index (κ1) is 19.6. The first-order valence-corrected chi connectivity index (χ1v) is 9.12. The van der Waals surface area contributed by atoms with Crippen LogP contribution in [-0.4, -0.2) is 40.6 Å². The lowest BCUT2D eigenvalue weighted by Gasteiger charge is -2.23. The molecule has 0 aliphatic carbocycles. The first-order valence-electron chi connectivity index (χ1n) is 8.14. The number of amides is 1. The average Bonchev–Trinajstić information content (AvgIpc) is 2.70. The number of nitro benzene ring substituents is 1. The summed E-state index contributed by atoms with van der Waals surface area (Å²) in [5.41, 5.74) is 2.07. The van der Waals surface area contributed by atoms with Crippen LogP contribution < -0.4 is 9.47 Å².